The molecule has 2 aromatic carbocycles. The van der Waals surface area contributed by atoms with Gasteiger partial charge >= 0.3 is 6.03 Å². The van der Waals surface area contributed by atoms with Crippen LogP contribution in [-0.2, 0) is 22.6 Å². The van der Waals surface area contributed by atoms with E-state index in [0.717, 1.165) is 10.4 Å². The number of hydrogen-bond acceptors (Lipinski definition) is 4. The Morgan fingerprint density at radius 2 is 1.76 bits per heavy atom. The second-order valence-corrected chi connectivity index (χ2v) is 8.78. The topological polar surface area (TPSA) is 61.9 Å². The first-order chi connectivity index (χ1) is 15.9. The van der Waals surface area contributed by atoms with E-state index in [-0.39, 0.29) is 31.4 Å². The summed E-state index contributed by atoms with van der Waals surface area (Å²) in [6.45, 7) is 1.09. The van der Waals surface area contributed by atoms with Gasteiger partial charge in [0.1, 0.15) is 12.4 Å². The average Bonchev–Trinajstić information content (AvgIpc) is 3.32. The fourth-order valence-corrected chi connectivity index (χ4v) is 3.93. The summed E-state index contributed by atoms with van der Waals surface area (Å²) < 4.78 is 18.4. The molecule has 0 aliphatic rings. The van der Waals surface area contributed by atoms with Gasteiger partial charge in [0.05, 0.1) is 13.2 Å². The van der Waals surface area contributed by atoms with Gasteiger partial charge in [-0.25, -0.2) is 9.18 Å². The highest BCUT2D eigenvalue weighted by atomic mass is 35.5. The Hall–Kier alpha value is -2.94. The minimum absolute atomic E-state index is 0.130. The normalized spacial score (nSPS) is 10.6. The summed E-state index contributed by atoms with van der Waals surface area (Å²) in [4.78, 5) is 30.3. The van der Waals surface area contributed by atoms with Gasteiger partial charge < -0.3 is 19.9 Å². The Morgan fingerprint density at radius 1 is 1.03 bits per heavy atom. The molecule has 0 spiro atoms. The lowest BCUT2D eigenvalue weighted by molar-refractivity contribution is -0.133. The zero-order valence-electron chi connectivity index (χ0n) is 18.2. The molecule has 1 aromatic heterocycles. The van der Waals surface area contributed by atoms with Crippen molar-refractivity contribution in [1.82, 2.24) is 9.80 Å². The number of nitrogens with zero attached hydrogens (tertiary/aromatic N) is 2. The smallest absolute Gasteiger partial charge is 0.322 e. The van der Waals surface area contributed by atoms with Crippen molar-refractivity contribution in [1.29, 1.82) is 0 Å². The van der Waals surface area contributed by atoms with E-state index >= 15 is 0 Å². The first kappa shape index (κ1) is 24.7. The molecule has 0 saturated heterocycles. The summed E-state index contributed by atoms with van der Waals surface area (Å²) in [5, 5.41) is 5.29. The van der Waals surface area contributed by atoms with Crippen molar-refractivity contribution in [2.45, 2.75) is 13.1 Å². The van der Waals surface area contributed by atoms with Crippen molar-refractivity contribution >= 4 is 40.6 Å². The summed E-state index contributed by atoms with van der Waals surface area (Å²) in [6, 6.07) is 16.2. The molecule has 0 aliphatic carbocycles. The van der Waals surface area contributed by atoms with Gasteiger partial charge in [0, 0.05) is 35.8 Å². The number of carbonyl (C=O) groups excluding carboxylic acids is 2. The van der Waals surface area contributed by atoms with Crippen LogP contribution in [0.25, 0.3) is 0 Å². The van der Waals surface area contributed by atoms with E-state index in [0.29, 0.717) is 23.8 Å². The zero-order valence-corrected chi connectivity index (χ0v) is 19.7. The minimum Gasteiger partial charge on any atom is -0.383 e. The fourth-order valence-electron chi connectivity index (χ4n) is 3.09. The van der Waals surface area contributed by atoms with Crippen LogP contribution in [-0.4, -0.2) is 48.5 Å². The molecule has 0 radical (unpaired) electrons. The molecule has 0 saturated carbocycles. The van der Waals surface area contributed by atoms with Crippen LogP contribution in [0.5, 0.6) is 0 Å². The first-order valence-electron chi connectivity index (χ1n) is 10.3. The summed E-state index contributed by atoms with van der Waals surface area (Å²) in [5.41, 5.74) is 1.37. The number of nitrogens with one attached hydrogen (secondary N) is 1. The molecule has 9 heteroatoms. The van der Waals surface area contributed by atoms with E-state index in [4.69, 9.17) is 16.3 Å². The molecule has 0 atom stereocenters. The van der Waals surface area contributed by atoms with Gasteiger partial charge in [-0.2, -0.15) is 0 Å². The first-order valence-corrected chi connectivity index (χ1v) is 11.6. The maximum Gasteiger partial charge on any atom is 0.322 e. The zero-order chi connectivity index (χ0) is 23.6. The molecule has 1 heterocycles. The monoisotopic (exact) mass is 489 g/mol. The van der Waals surface area contributed by atoms with Crippen LogP contribution in [0.2, 0.25) is 5.02 Å². The number of ether oxygens (including phenoxy) is 1. The molecule has 6 nitrogen and oxygen atoms in total. The van der Waals surface area contributed by atoms with Crippen molar-refractivity contribution in [3.8, 4) is 0 Å². The van der Waals surface area contributed by atoms with Crippen LogP contribution < -0.4 is 5.32 Å². The fraction of sp³-hybridized carbons (Fsp3) is 0.250. The second kappa shape index (κ2) is 12.3. The SMILES string of the molecule is COCCN(CC(=O)N(Cc1ccc(F)cc1)Cc1cccs1)C(=O)Nc1ccc(Cl)cc1. The van der Waals surface area contributed by atoms with Crippen LogP contribution in [0.4, 0.5) is 14.9 Å². The van der Waals surface area contributed by atoms with E-state index in [1.807, 2.05) is 17.5 Å². The number of halogens is 2. The van der Waals surface area contributed by atoms with Gasteiger partial charge in [-0.15, -0.1) is 11.3 Å². The molecule has 0 fully saturated rings. The quantitative estimate of drug-likeness (QED) is 0.423. The number of urea groups is 1. The van der Waals surface area contributed by atoms with Crippen molar-refractivity contribution in [2.75, 3.05) is 32.1 Å². The highest BCUT2D eigenvalue weighted by Gasteiger charge is 2.22. The van der Waals surface area contributed by atoms with E-state index in [9.17, 15) is 14.0 Å². The molecule has 3 aromatic rings. The molecule has 3 amide bonds. The lowest BCUT2D eigenvalue weighted by atomic mass is 10.2. The second-order valence-electron chi connectivity index (χ2n) is 7.31. The number of thiophene rings is 1. The van der Waals surface area contributed by atoms with Crippen LogP contribution in [0.1, 0.15) is 10.4 Å². The molecule has 33 heavy (non-hydrogen) atoms. The van der Waals surface area contributed by atoms with Gasteiger partial charge in [-0.1, -0.05) is 29.8 Å². The molecule has 3 rings (SSSR count). The third-order valence-electron chi connectivity index (χ3n) is 4.84. The Bertz CT molecular complexity index is 1030. The van der Waals surface area contributed by atoms with Crippen LogP contribution >= 0.6 is 22.9 Å². The third kappa shape index (κ3) is 7.85. The Balaban J connectivity index is 1.73. The van der Waals surface area contributed by atoms with E-state index in [1.54, 1.807) is 52.6 Å². The predicted molar refractivity (Wildman–Crippen MR) is 129 cm³/mol. The van der Waals surface area contributed by atoms with E-state index < -0.39 is 6.03 Å². The Kier molecular flexibility index (Phi) is 9.24. The summed E-state index contributed by atoms with van der Waals surface area (Å²) in [5.74, 6) is -0.561. The van der Waals surface area contributed by atoms with Crippen LogP contribution in [0.15, 0.2) is 66.0 Å². The number of carbonyl (C=O) groups is 2. The molecular weight excluding hydrogens is 465 g/mol. The molecular formula is C24H25ClFN3O3S. The number of benzene rings is 2. The number of hydrogen-bond donors (Lipinski definition) is 1. The maximum absolute atomic E-state index is 13.3. The average molecular weight is 490 g/mol. The molecule has 0 aliphatic heterocycles. The summed E-state index contributed by atoms with van der Waals surface area (Å²) in [7, 11) is 1.54. The maximum atomic E-state index is 13.3. The third-order valence-corrected chi connectivity index (χ3v) is 5.95. The van der Waals surface area contributed by atoms with Gasteiger partial charge in [0.25, 0.3) is 0 Å². The number of anilines is 1. The highest BCUT2D eigenvalue weighted by Crippen LogP contribution is 2.17. The Morgan fingerprint density at radius 3 is 2.39 bits per heavy atom. The standard InChI is InChI=1S/C24H25ClFN3O3S/c1-32-13-12-28(24(31)27-21-10-6-19(25)7-11-21)17-23(30)29(16-22-3-2-14-33-22)15-18-4-8-20(26)9-5-18/h2-11,14H,12-13,15-17H2,1H3,(H,27,31). The molecule has 0 bridgehead atoms. The van der Waals surface area contributed by atoms with Crippen molar-refractivity contribution in [3.63, 3.8) is 0 Å². The van der Waals surface area contributed by atoms with Crippen molar-refractivity contribution in [3.05, 3.63) is 87.3 Å². The van der Waals surface area contributed by atoms with E-state index in [1.165, 1.54) is 24.1 Å². The summed E-state index contributed by atoms with van der Waals surface area (Å²) >= 11 is 7.45. The molecule has 1 N–H and O–H groups in total. The van der Waals surface area contributed by atoms with Gasteiger partial charge in [0.2, 0.25) is 5.91 Å². The van der Waals surface area contributed by atoms with Crippen molar-refractivity contribution in [2.24, 2.45) is 0 Å². The van der Waals surface area contributed by atoms with Crippen LogP contribution in [0.3, 0.4) is 0 Å². The number of amides is 3. The van der Waals surface area contributed by atoms with Crippen molar-refractivity contribution < 1.29 is 18.7 Å². The minimum atomic E-state index is -0.416. The lowest BCUT2D eigenvalue weighted by Crippen LogP contribution is -2.45. The number of rotatable bonds is 10. The lowest BCUT2D eigenvalue weighted by Gasteiger charge is -2.27. The summed E-state index contributed by atoms with van der Waals surface area (Å²) in [6.07, 6.45) is 0. The van der Waals surface area contributed by atoms with Gasteiger partial charge in [0.15, 0.2) is 0 Å². The van der Waals surface area contributed by atoms with Gasteiger partial charge in [-0.05, 0) is 53.4 Å². The number of methoxy groups -OCH3 is 1. The Labute approximate surface area is 201 Å². The molecule has 174 valence electrons. The van der Waals surface area contributed by atoms with Gasteiger partial charge in [-0.3, -0.25) is 4.79 Å². The molecule has 0 unspecified atom stereocenters. The largest absolute Gasteiger partial charge is 0.383 e. The van der Waals surface area contributed by atoms with Crippen LogP contribution in [0, 0.1) is 5.82 Å². The predicted octanol–water partition coefficient (Wildman–Crippen LogP) is 5.25. The highest BCUT2D eigenvalue weighted by molar-refractivity contribution is 7.09. The van der Waals surface area contributed by atoms with E-state index in [2.05, 4.69) is 5.32 Å².